The zero-order valence-electron chi connectivity index (χ0n) is 9.72. The number of pyridine rings is 1. The summed E-state index contributed by atoms with van der Waals surface area (Å²) in [5.41, 5.74) is 1.12. The molecular formula is C11H12ClN3O4. The Labute approximate surface area is 113 Å². The number of imidazole rings is 1. The smallest absolute Gasteiger partial charge is 0.164 e. The van der Waals surface area contributed by atoms with Crippen molar-refractivity contribution >= 4 is 22.6 Å². The van der Waals surface area contributed by atoms with Gasteiger partial charge in [-0.1, -0.05) is 11.6 Å². The van der Waals surface area contributed by atoms with Crippen LogP contribution in [0.4, 0.5) is 0 Å². The van der Waals surface area contributed by atoms with E-state index in [9.17, 15) is 10.2 Å². The van der Waals surface area contributed by atoms with Gasteiger partial charge < -0.3 is 24.6 Å². The Bertz CT molecular complexity index is 605. The van der Waals surface area contributed by atoms with E-state index >= 15 is 0 Å². The minimum Gasteiger partial charge on any atom is -0.394 e. The summed E-state index contributed by atoms with van der Waals surface area (Å²) in [6, 6.07) is 1.68. The summed E-state index contributed by atoms with van der Waals surface area (Å²) in [4.78, 5) is 8.02. The lowest BCUT2D eigenvalue weighted by atomic mass is 10.1. The first-order valence-electron chi connectivity index (χ1n) is 5.73. The van der Waals surface area contributed by atoms with E-state index in [-0.39, 0.29) is 11.8 Å². The van der Waals surface area contributed by atoms with Crippen LogP contribution in [0.25, 0.3) is 11.0 Å². The average Bonchev–Trinajstić information content (AvgIpc) is 2.94. The highest BCUT2D eigenvalue weighted by atomic mass is 35.5. The molecule has 4 atom stereocenters. The molecule has 1 saturated heterocycles. The summed E-state index contributed by atoms with van der Waals surface area (Å²) in [6.45, 7) is -0.371. The van der Waals surface area contributed by atoms with Gasteiger partial charge in [-0.2, -0.15) is 0 Å². The van der Waals surface area contributed by atoms with E-state index in [2.05, 4.69) is 9.97 Å². The summed E-state index contributed by atoms with van der Waals surface area (Å²) in [5.74, 6) is 0. The Hall–Kier alpha value is -1.25. The van der Waals surface area contributed by atoms with E-state index in [1.165, 1.54) is 12.5 Å². The lowest BCUT2D eigenvalue weighted by Crippen LogP contribution is -2.33. The van der Waals surface area contributed by atoms with Gasteiger partial charge in [0.1, 0.15) is 23.8 Å². The molecule has 0 spiro atoms. The van der Waals surface area contributed by atoms with Gasteiger partial charge in [0.05, 0.1) is 18.5 Å². The fraction of sp³-hybridized carbons (Fsp3) is 0.455. The minimum absolute atomic E-state index is 0.253. The number of aromatic nitrogens is 3. The molecule has 102 valence electrons. The first kappa shape index (κ1) is 12.8. The molecule has 7 nitrogen and oxygen atoms in total. The van der Waals surface area contributed by atoms with Crippen LogP contribution in [0.3, 0.4) is 0 Å². The maximum Gasteiger partial charge on any atom is 0.164 e. The number of aliphatic hydroxyl groups excluding tert-OH is 3. The van der Waals surface area contributed by atoms with Crippen molar-refractivity contribution in [3.05, 3.63) is 23.7 Å². The van der Waals surface area contributed by atoms with Gasteiger partial charge in [0.2, 0.25) is 0 Å². The molecule has 1 aliphatic rings. The zero-order valence-corrected chi connectivity index (χ0v) is 10.5. The third kappa shape index (κ3) is 1.90. The summed E-state index contributed by atoms with van der Waals surface area (Å²) in [6.07, 6.45) is -0.973. The predicted molar refractivity (Wildman–Crippen MR) is 65.5 cm³/mol. The molecule has 8 heteroatoms. The van der Waals surface area contributed by atoms with Gasteiger partial charge >= 0.3 is 0 Å². The molecule has 3 rings (SSSR count). The first-order valence-corrected chi connectivity index (χ1v) is 6.10. The molecule has 0 radical (unpaired) electrons. The Morgan fingerprint density at radius 2 is 2.11 bits per heavy atom. The van der Waals surface area contributed by atoms with Crippen molar-refractivity contribution in [1.82, 2.24) is 14.5 Å². The van der Waals surface area contributed by atoms with E-state index < -0.39 is 24.5 Å². The lowest BCUT2D eigenvalue weighted by molar-refractivity contribution is -0.0508. The number of nitrogens with zero attached hydrogens (tertiary/aromatic N) is 3. The molecule has 0 aromatic carbocycles. The van der Waals surface area contributed by atoms with Gasteiger partial charge in [0.15, 0.2) is 11.4 Å². The van der Waals surface area contributed by atoms with Gasteiger partial charge in [0, 0.05) is 6.20 Å². The minimum atomic E-state index is -1.15. The maximum absolute atomic E-state index is 9.98. The molecule has 1 aliphatic heterocycles. The molecule has 3 heterocycles. The molecule has 0 bridgehead atoms. The Morgan fingerprint density at radius 3 is 2.79 bits per heavy atom. The van der Waals surface area contributed by atoms with E-state index in [1.54, 1.807) is 10.6 Å². The van der Waals surface area contributed by atoms with Crippen molar-refractivity contribution in [2.24, 2.45) is 0 Å². The predicted octanol–water partition coefficient (Wildman–Crippen LogP) is -0.304. The summed E-state index contributed by atoms with van der Waals surface area (Å²) in [7, 11) is 0. The second-order valence-electron chi connectivity index (χ2n) is 4.35. The van der Waals surface area contributed by atoms with Crippen LogP contribution in [0.15, 0.2) is 18.6 Å². The van der Waals surface area contributed by atoms with Crippen LogP contribution >= 0.6 is 11.6 Å². The van der Waals surface area contributed by atoms with Crippen LogP contribution in [0.2, 0.25) is 5.15 Å². The fourth-order valence-electron chi connectivity index (χ4n) is 2.24. The Kier molecular flexibility index (Phi) is 3.15. The number of aliphatic hydroxyl groups is 3. The number of hydrogen-bond donors (Lipinski definition) is 3. The quantitative estimate of drug-likeness (QED) is 0.655. The van der Waals surface area contributed by atoms with E-state index in [0.717, 1.165) is 0 Å². The zero-order chi connectivity index (χ0) is 13.6. The van der Waals surface area contributed by atoms with Gasteiger partial charge in [-0.15, -0.1) is 0 Å². The van der Waals surface area contributed by atoms with Gasteiger partial charge in [-0.05, 0) is 6.07 Å². The lowest BCUT2D eigenvalue weighted by Gasteiger charge is -2.16. The monoisotopic (exact) mass is 285 g/mol. The highest BCUT2D eigenvalue weighted by Gasteiger charge is 2.43. The highest BCUT2D eigenvalue weighted by Crippen LogP contribution is 2.32. The van der Waals surface area contributed by atoms with E-state index in [1.807, 2.05) is 0 Å². The van der Waals surface area contributed by atoms with E-state index in [0.29, 0.717) is 11.0 Å². The van der Waals surface area contributed by atoms with Crippen molar-refractivity contribution in [1.29, 1.82) is 0 Å². The number of halogens is 1. The number of hydrogen-bond acceptors (Lipinski definition) is 6. The third-order valence-corrected chi connectivity index (χ3v) is 3.52. The number of rotatable bonds is 2. The molecule has 0 aliphatic carbocycles. The highest BCUT2D eigenvalue weighted by molar-refractivity contribution is 6.33. The fourth-order valence-corrected chi connectivity index (χ4v) is 2.44. The molecule has 2 aromatic rings. The van der Waals surface area contributed by atoms with Crippen LogP contribution < -0.4 is 0 Å². The molecule has 0 saturated carbocycles. The number of ether oxygens (including phenoxy) is 1. The third-order valence-electron chi connectivity index (χ3n) is 3.24. The summed E-state index contributed by atoms with van der Waals surface area (Å²) >= 11 is 5.92. The SMILES string of the molecule is OC[C@H]1O[C@@H](n2cnc3c(Cl)nccc32)C(O)[C@@H]1O. The van der Waals surface area contributed by atoms with Crippen molar-refractivity contribution in [3.63, 3.8) is 0 Å². The standard InChI is InChI=1S/C11H12ClN3O4/c12-10-7-5(1-2-13-10)15(4-14-7)11-9(18)8(17)6(3-16)19-11/h1-2,4,6,8-9,11,16-18H,3H2/t6-,8-,9?,11-/m1/s1. The summed E-state index contributed by atoms with van der Waals surface area (Å²) in [5, 5.41) is 29.1. The van der Waals surface area contributed by atoms with Crippen LogP contribution in [0.1, 0.15) is 6.23 Å². The van der Waals surface area contributed by atoms with Crippen molar-refractivity contribution < 1.29 is 20.1 Å². The summed E-state index contributed by atoms with van der Waals surface area (Å²) < 4.78 is 7.00. The topological polar surface area (TPSA) is 101 Å². The molecule has 19 heavy (non-hydrogen) atoms. The normalized spacial score (nSPS) is 31.2. The van der Waals surface area contributed by atoms with Crippen molar-refractivity contribution in [2.45, 2.75) is 24.5 Å². The molecule has 2 aromatic heterocycles. The molecule has 1 fully saturated rings. The van der Waals surface area contributed by atoms with Crippen LogP contribution in [-0.2, 0) is 4.74 Å². The second-order valence-corrected chi connectivity index (χ2v) is 4.71. The van der Waals surface area contributed by atoms with Gasteiger partial charge in [0.25, 0.3) is 0 Å². The first-order chi connectivity index (χ1) is 9.13. The molecule has 3 N–H and O–H groups in total. The second kappa shape index (κ2) is 4.69. The van der Waals surface area contributed by atoms with Crippen LogP contribution in [0, 0.1) is 0 Å². The average molecular weight is 286 g/mol. The van der Waals surface area contributed by atoms with Crippen LogP contribution in [-0.4, -0.2) is 54.8 Å². The van der Waals surface area contributed by atoms with Crippen molar-refractivity contribution in [3.8, 4) is 0 Å². The maximum atomic E-state index is 9.98. The Balaban J connectivity index is 2.04. The number of fused-ring (bicyclic) bond motifs is 1. The van der Waals surface area contributed by atoms with Crippen molar-refractivity contribution in [2.75, 3.05) is 6.61 Å². The van der Waals surface area contributed by atoms with E-state index in [4.69, 9.17) is 21.4 Å². The van der Waals surface area contributed by atoms with Crippen LogP contribution in [0.5, 0.6) is 0 Å². The molecule has 0 amide bonds. The molecular weight excluding hydrogens is 274 g/mol. The van der Waals surface area contributed by atoms with Gasteiger partial charge in [-0.25, -0.2) is 9.97 Å². The van der Waals surface area contributed by atoms with Gasteiger partial charge in [-0.3, -0.25) is 0 Å². The molecule has 1 unspecified atom stereocenters. The Morgan fingerprint density at radius 1 is 1.32 bits per heavy atom. The largest absolute Gasteiger partial charge is 0.394 e.